The van der Waals surface area contributed by atoms with E-state index < -0.39 is 5.60 Å². The van der Waals surface area contributed by atoms with Gasteiger partial charge in [0.25, 0.3) is 5.91 Å². The van der Waals surface area contributed by atoms with E-state index in [-0.39, 0.29) is 11.7 Å². The molecule has 19 heavy (non-hydrogen) atoms. The molecule has 0 bridgehead atoms. The van der Waals surface area contributed by atoms with Gasteiger partial charge < -0.3 is 9.64 Å². The van der Waals surface area contributed by atoms with Crippen molar-refractivity contribution in [2.45, 2.75) is 32.8 Å². The Morgan fingerprint density at radius 3 is 2.74 bits per heavy atom. The van der Waals surface area contributed by atoms with Gasteiger partial charge in [0.15, 0.2) is 5.60 Å². The van der Waals surface area contributed by atoms with E-state index in [4.69, 9.17) is 16.3 Å². The van der Waals surface area contributed by atoms with Crippen molar-refractivity contribution in [2.75, 3.05) is 11.4 Å². The molecule has 0 fully saturated rings. The molecular formula is C14H16ClNO3. The first-order valence-corrected chi connectivity index (χ1v) is 6.49. The number of nitrogens with zero attached hydrogens (tertiary/aromatic N) is 1. The van der Waals surface area contributed by atoms with Gasteiger partial charge >= 0.3 is 0 Å². The highest BCUT2D eigenvalue weighted by molar-refractivity contribution is 6.31. The van der Waals surface area contributed by atoms with Crippen molar-refractivity contribution in [2.24, 2.45) is 0 Å². The Morgan fingerprint density at radius 2 is 2.11 bits per heavy atom. The second-order valence-electron chi connectivity index (χ2n) is 5.13. The van der Waals surface area contributed by atoms with Crippen LogP contribution in [0, 0.1) is 0 Å². The highest BCUT2D eigenvalue weighted by Gasteiger charge is 2.40. The van der Waals surface area contributed by atoms with Crippen LogP contribution < -0.4 is 9.64 Å². The van der Waals surface area contributed by atoms with Gasteiger partial charge in [0.05, 0.1) is 5.69 Å². The number of hydrogen-bond acceptors (Lipinski definition) is 3. The average Bonchev–Trinajstić information content (AvgIpc) is 2.30. The number of carbonyl (C=O) groups excluding carboxylic acids is 2. The minimum atomic E-state index is -0.933. The molecule has 0 aromatic heterocycles. The van der Waals surface area contributed by atoms with Crippen LogP contribution in [0.1, 0.15) is 27.2 Å². The second-order valence-corrected chi connectivity index (χ2v) is 5.57. The molecule has 1 aliphatic rings. The van der Waals surface area contributed by atoms with E-state index in [1.165, 1.54) is 6.92 Å². The number of ether oxygens (including phenoxy) is 1. The summed E-state index contributed by atoms with van der Waals surface area (Å²) in [5.74, 6) is 0.488. The van der Waals surface area contributed by atoms with Crippen LogP contribution in [0.25, 0.3) is 0 Å². The molecule has 1 aromatic rings. The third kappa shape index (κ3) is 2.73. The molecule has 1 amide bonds. The lowest BCUT2D eigenvalue weighted by atomic mass is 10.0. The smallest absolute Gasteiger partial charge is 0.270 e. The maximum Gasteiger partial charge on any atom is 0.270 e. The quantitative estimate of drug-likeness (QED) is 0.856. The Morgan fingerprint density at radius 1 is 1.42 bits per heavy atom. The SMILES string of the molecule is CC(=O)CCN1C(=O)C(C)(C)Oc2ccc(Cl)cc21. The lowest BCUT2D eigenvalue weighted by Crippen LogP contribution is -2.53. The summed E-state index contributed by atoms with van der Waals surface area (Å²) in [5.41, 5.74) is -0.310. The van der Waals surface area contributed by atoms with E-state index in [0.29, 0.717) is 29.4 Å². The molecule has 0 saturated carbocycles. The molecular weight excluding hydrogens is 266 g/mol. The molecule has 0 aliphatic carbocycles. The largest absolute Gasteiger partial charge is 0.476 e. The minimum absolute atomic E-state index is 0.0423. The fourth-order valence-electron chi connectivity index (χ4n) is 2.03. The molecule has 0 atom stereocenters. The van der Waals surface area contributed by atoms with Gasteiger partial charge in [-0.2, -0.15) is 0 Å². The fraction of sp³-hybridized carbons (Fsp3) is 0.429. The molecule has 1 aromatic carbocycles. The number of rotatable bonds is 3. The predicted molar refractivity (Wildman–Crippen MR) is 73.8 cm³/mol. The first-order chi connectivity index (χ1) is 8.81. The molecule has 0 spiro atoms. The van der Waals surface area contributed by atoms with Crippen LogP contribution in [0.5, 0.6) is 5.75 Å². The number of fused-ring (bicyclic) bond motifs is 1. The molecule has 0 N–H and O–H groups in total. The van der Waals surface area contributed by atoms with E-state index in [0.717, 1.165) is 0 Å². The Labute approximate surface area is 117 Å². The molecule has 5 heteroatoms. The van der Waals surface area contributed by atoms with Crippen LogP contribution in [-0.4, -0.2) is 23.8 Å². The minimum Gasteiger partial charge on any atom is -0.476 e. The first kappa shape index (κ1) is 13.9. The third-order valence-corrected chi connectivity index (χ3v) is 3.26. The van der Waals surface area contributed by atoms with Gasteiger partial charge in [-0.05, 0) is 39.0 Å². The average molecular weight is 282 g/mol. The van der Waals surface area contributed by atoms with Crippen molar-refractivity contribution in [1.29, 1.82) is 0 Å². The van der Waals surface area contributed by atoms with Gasteiger partial charge in [-0.15, -0.1) is 0 Å². The Hall–Kier alpha value is -1.55. The summed E-state index contributed by atoms with van der Waals surface area (Å²) in [5, 5.41) is 0.530. The number of ketones is 1. The van der Waals surface area contributed by atoms with E-state index >= 15 is 0 Å². The van der Waals surface area contributed by atoms with Crippen molar-refractivity contribution >= 4 is 29.0 Å². The molecule has 0 radical (unpaired) electrons. The van der Waals surface area contributed by atoms with Gasteiger partial charge in [-0.25, -0.2) is 0 Å². The molecule has 2 rings (SSSR count). The normalized spacial score (nSPS) is 16.8. The standard InChI is InChI=1S/C14H16ClNO3/c1-9(17)6-7-16-11-8-10(15)4-5-12(11)19-14(2,3)13(16)18/h4-5,8H,6-7H2,1-3H3. The summed E-state index contributed by atoms with van der Waals surface area (Å²) < 4.78 is 5.69. The number of Topliss-reactive ketones (excluding diaryl/α,β-unsaturated/α-hetero) is 1. The monoisotopic (exact) mass is 281 g/mol. The number of anilines is 1. The number of halogens is 1. The van der Waals surface area contributed by atoms with E-state index in [1.807, 2.05) is 0 Å². The molecule has 4 nitrogen and oxygen atoms in total. The van der Waals surface area contributed by atoms with Gasteiger partial charge in [-0.1, -0.05) is 11.6 Å². The zero-order valence-electron chi connectivity index (χ0n) is 11.2. The number of carbonyl (C=O) groups is 2. The number of hydrogen-bond donors (Lipinski definition) is 0. The maximum atomic E-state index is 12.4. The topological polar surface area (TPSA) is 46.6 Å². The zero-order chi connectivity index (χ0) is 14.2. The molecule has 1 heterocycles. The van der Waals surface area contributed by atoms with Gasteiger partial charge in [-0.3, -0.25) is 9.59 Å². The number of benzene rings is 1. The van der Waals surface area contributed by atoms with Gasteiger partial charge in [0, 0.05) is 18.0 Å². The fourth-order valence-corrected chi connectivity index (χ4v) is 2.20. The molecule has 1 aliphatic heterocycles. The van der Waals surface area contributed by atoms with Crippen molar-refractivity contribution in [1.82, 2.24) is 0 Å². The van der Waals surface area contributed by atoms with Crippen LogP contribution in [0.3, 0.4) is 0 Å². The van der Waals surface area contributed by atoms with Crippen molar-refractivity contribution < 1.29 is 14.3 Å². The van der Waals surface area contributed by atoms with E-state index in [9.17, 15) is 9.59 Å². The third-order valence-electron chi connectivity index (χ3n) is 3.02. The highest BCUT2D eigenvalue weighted by Crippen LogP contribution is 2.39. The Kier molecular flexibility index (Phi) is 3.54. The maximum absolute atomic E-state index is 12.4. The van der Waals surface area contributed by atoms with Crippen LogP contribution in [0.4, 0.5) is 5.69 Å². The van der Waals surface area contributed by atoms with Crippen molar-refractivity contribution in [3.63, 3.8) is 0 Å². The lowest BCUT2D eigenvalue weighted by molar-refractivity contribution is -0.132. The Balaban J connectivity index is 2.41. The summed E-state index contributed by atoms with van der Waals surface area (Å²) in [6, 6.07) is 5.15. The molecule has 102 valence electrons. The van der Waals surface area contributed by atoms with Gasteiger partial charge in [0.2, 0.25) is 0 Å². The summed E-state index contributed by atoms with van der Waals surface area (Å²) in [7, 11) is 0. The number of amides is 1. The summed E-state index contributed by atoms with van der Waals surface area (Å²) in [6.07, 6.45) is 0.313. The van der Waals surface area contributed by atoms with Crippen LogP contribution in [0.2, 0.25) is 5.02 Å². The van der Waals surface area contributed by atoms with Crippen LogP contribution in [-0.2, 0) is 9.59 Å². The summed E-state index contributed by atoms with van der Waals surface area (Å²) in [4.78, 5) is 25.1. The van der Waals surface area contributed by atoms with E-state index in [1.54, 1.807) is 36.9 Å². The van der Waals surface area contributed by atoms with Crippen LogP contribution in [0.15, 0.2) is 18.2 Å². The first-order valence-electron chi connectivity index (χ1n) is 6.11. The van der Waals surface area contributed by atoms with Crippen LogP contribution >= 0.6 is 11.6 Å². The van der Waals surface area contributed by atoms with Crippen molar-refractivity contribution in [3.8, 4) is 5.75 Å². The summed E-state index contributed by atoms with van der Waals surface area (Å²) in [6.45, 7) is 5.28. The van der Waals surface area contributed by atoms with E-state index in [2.05, 4.69) is 0 Å². The second kappa shape index (κ2) is 4.85. The van der Waals surface area contributed by atoms with Gasteiger partial charge in [0.1, 0.15) is 11.5 Å². The summed E-state index contributed by atoms with van der Waals surface area (Å²) >= 11 is 5.96. The van der Waals surface area contributed by atoms with Crippen molar-refractivity contribution in [3.05, 3.63) is 23.2 Å². The molecule has 0 unspecified atom stereocenters. The predicted octanol–water partition coefficient (Wildman–Crippen LogP) is 2.82. The zero-order valence-corrected chi connectivity index (χ0v) is 12.0. The lowest BCUT2D eigenvalue weighted by Gasteiger charge is -2.38. The Bertz CT molecular complexity index is 539. The molecule has 0 saturated heterocycles. The highest BCUT2D eigenvalue weighted by atomic mass is 35.5.